The minimum atomic E-state index is 0.529. The molecule has 0 atom stereocenters. The summed E-state index contributed by atoms with van der Waals surface area (Å²) >= 11 is 5.22. The lowest BCUT2D eigenvalue weighted by Gasteiger charge is -2.28. The van der Waals surface area contributed by atoms with Gasteiger partial charge in [-0.05, 0) is 50.2 Å². The standard InChI is InChI=1S/C18H28N4O2S/c1-3-23-12-4-9-19-18(25)21-20-15(2)16-5-7-17(8-6-16)22-10-13-24-14-11-22/h5-8H,3-4,9-14H2,1-2H3,(H2,19,21,25)/b20-15-. The molecule has 0 aromatic heterocycles. The summed E-state index contributed by atoms with van der Waals surface area (Å²) in [6.07, 6.45) is 0.918. The highest BCUT2D eigenvalue weighted by Gasteiger charge is 2.11. The molecule has 6 nitrogen and oxygen atoms in total. The second kappa shape index (κ2) is 11.0. The third-order valence-corrected chi connectivity index (χ3v) is 4.18. The molecular weight excluding hydrogens is 336 g/mol. The molecule has 0 spiro atoms. The van der Waals surface area contributed by atoms with Crippen LogP contribution in [0, 0.1) is 0 Å². The lowest BCUT2D eigenvalue weighted by atomic mass is 10.1. The first-order chi connectivity index (χ1) is 12.2. The van der Waals surface area contributed by atoms with E-state index in [9.17, 15) is 0 Å². The fraction of sp³-hybridized carbons (Fsp3) is 0.556. The molecular formula is C18H28N4O2S. The average molecular weight is 365 g/mol. The largest absolute Gasteiger partial charge is 0.382 e. The summed E-state index contributed by atoms with van der Waals surface area (Å²) in [6.45, 7) is 9.69. The smallest absolute Gasteiger partial charge is 0.186 e. The number of anilines is 1. The van der Waals surface area contributed by atoms with Crippen LogP contribution in [0.5, 0.6) is 0 Å². The van der Waals surface area contributed by atoms with Crippen LogP contribution in [0.15, 0.2) is 29.4 Å². The Hall–Kier alpha value is -1.70. The van der Waals surface area contributed by atoms with Crippen molar-refractivity contribution in [3.8, 4) is 0 Å². The van der Waals surface area contributed by atoms with Crippen molar-refractivity contribution in [3.63, 3.8) is 0 Å². The Labute approximate surface area is 155 Å². The van der Waals surface area contributed by atoms with E-state index in [1.54, 1.807) is 0 Å². The van der Waals surface area contributed by atoms with Crippen LogP contribution in [0.2, 0.25) is 0 Å². The Kier molecular flexibility index (Phi) is 8.65. The van der Waals surface area contributed by atoms with Gasteiger partial charge < -0.3 is 19.7 Å². The quantitative estimate of drug-likeness (QED) is 0.319. The van der Waals surface area contributed by atoms with Gasteiger partial charge in [0.15, 0.2) is 5.11 Å². The van der Waals surface area contributed by atoms with Gasteiger partial charge in [-0.2, -0.15) is 5.10 Å². The van der Waals surface area contributed by atoms with Gasteiger partial charge in [-0.1, -0.05) is 12.1 Å². The molecule has 0 saturated carbocycles. The average Bonchev–Trinajstić information content (AvgIpc) is 2.67. The molecule has 1 aromatic carbocycles. The van der Waals surface area contributed by atoms with Crippen LogP contribution in [-0.2, 0) is 9.47 Å². The number of benzene rings is 1. The van der Waals surface area contributed by atoms with E-state index in [1.807, 2.05) is 13.8 Å². The van der Waals surface area contributed by atoms with Crippen LogP contribution < -0.4 is 15.6 Å². The van der Waals surface area contributed by atoms with E-state index >= 15 is 0 Å². The molecule has 1 aliphatic rings. The number of nitrogens with one attached hydrogen (secondary N) is 2. The van der Waals surface area contributed by atoms with Gasteiger partial charge in [0.1, 0.15) is 0 Å². The molecule has 1 aromatic rings. The summed E-state index contributed by atoms with van der Waals surface area (Å²) in [4.78, 5) is 2.33. The third kappa shape index (κ3) is 6.97. The van der Waals surface area contributed by atoms with Gasteiger partial charge in [0.25, 0.3) is 0 Å². The molecule has 138 valence electrons. The van der Waals surface area contributed by atoms with E-state index in [4.69, 9.17) is 21.7 Å². The fourth-order valence-electron chi connectivity index (χ4n) is 2.49. The minimum absolute atomic E-state index is 0.529. The zero-order valence-electron chi connectivity index (χ0n) is 15.1. The van der Waals surface area contributed by atoms with Crippen molar-refractivity contribution in [3.05, 3.63) is 29.8 Å². The SMILES string of the molecule is CCOCCCNC(=S)N/N=C(/C)c1ccc(N2CCOCC2)cc1. The molecule has 1 aliphatic heterocycles. The van der Waals surface area contributed by atoms with E-state index in [-0.39, 0.29) is 0 Å². The predicted molar refractivity (Wildman–Crippen MR) is 107 cm³/mol. The third-order valence-electron chi connectivity index (χ3n) is 3.94. The van der Waals surface area contributed by atoms with Gasteiger partial charge in [0.05, 0.1) is 18.9 Å². The van der Waals surface area contributed by atoms with E-state index in [1.165, 1.54) is 5.69 Å². The normalized spacial score (nSPS) is 15.1. The van der Waals surface area contributed by atoms with Crippen molar-refractivity contribution in [2.75, 3.05) is 51.0 Å². The Morgan fingerprint density at radius 2 is 2.00 bits per heavy atom. The van der Waals surface area contributed by atoms with Crippen LogP contribution in [-0.4, -0.2) is 56.9 Å². The molecule has 1 fully saturated rings. The Bertz CT molecular complexity index is 557. The number of hydrogen-bond donors (Lipinski definition) is 2. The van der Waals surface area contributed by atoms with E-state index in [0.717, 1.165) is 63.8 Å². The monoisotopic (exact) mass is 364 g/mol. The topological polar surface area (TPSA) is 58.1 Å². The second-order valence-corrected chi connectivity index (χ2v) is 6.17. The zero-order valence-corrected chi connectivity index (χ0v) is 15.9. The van der Waals surface area contributed by atoms with Crippen LogP contribution in [0.3, 0.4) is 0 Å². The van der Waals surface area contributed by atoms with Gasteiger partial charge >= 0.3 is 0 Å². The number of ether oxygens (including phenoxy) is 2. The highest BCUT2D eigenvalue weighted by atomic mass is 32.1. The lowest BCUT2D eigenvalue weighted by Crippen LogP contribution is -2.36. The number of hydrazone groups is 1. The molecule has 7 heteroatoms. The highest BCUT2D eigenvalue weighted by Crippen LogP contribution is 2.17. The van der Waals surface area contributed by atoms with Gasteiger partial charge in [-0.15, -0.1) is 0 Å². The van der Waals surface area contributed by atoms with Crippen molar-refractivity contribution in [2.24, 2.45) is 5.10 Å². The lowest BCUT2D eigenvalue weighted by molar-refractivity contribution is 0.122. The molecule has 0 radical (unpaired) electrons. The molecule has 1 saturated heterocycles. The van der Waals surface area contributed by atoms with E-state index in [2.05, 4.69) is 45.0 Å². The summed E-state index contributed by atoms with van der Waals surface area (Å²) in [6, 6.07) is 8.43. The van der Waals surface area contributed by atoms with Gasteiger partial charge in [-0.3, -0.25) is 5.43 Å². The molecule has 2 rings (SSSR count). The molecule has 1 heterocycles. The van der Waals surface area contributed by atoms with Crippen LogP contribution in [0.1, 0.15) is 25.8 Å². The van der Waals surface area contributed by atoms with Gasteiger partial charge in [-0.25, -0.2) is 0 Å². The highest BCUT2D eigenvalue weighted by molar-refractivity contribution is 7.80. The first-order valence-corrected chi connectivity index (χ1v) is 9.20. The van der Waals surface area contributed by atoms with Crippen LogP contribution >= 0.6 is 12.2 Å². The summed E-state index contributed by atoms with van der Waals surface area (Å²) in [5.41, 5.74) is 6.08. The maximum absolute atomic E-state index is 5.39. The summed E-state index contributed by atoms with van der Waals surface area (Å²) < 4.78 is 10.7. The van der Waals surface area contributed by atoms with Crippen molar-refractivity contribution < 1.29 is 9.47 Å². The van der Waals surface area contributed by atoms with Crippen molar-refractivity contribution >= 4 is 28.7 Å². The van der Waals surface area contributed by atoms with Crippen molar-refractivity contribution in [1.82, 2.24) is 10.7 Å². The molecule has 0 unspecified atom stereocenters. The predicted octanol–water partition coefficient (Wildman–Crippen LogP) is 2.14. The van der Waals surface area contributed by atoms with Crippen molar-refractivity contribution in [2.45, 2.75) is 20.3 Å². The maximum atomic E-state index is 5.39. The Morgan fingerprint density at radius 1 is 1.28 bits per heavy atom. The summed E-state index contributed by atoms with van der Waals surface area (Å²) in [5, 5.41) is 7.99. The molecule has 0 aliphatic carbocycles. The molecule has 2 N–H and O–H groups in total. The van der Waals surface area contributed by atoms with E-state index < -0.39 is 0 Å². The molecule has 0 amide bonds. The van der Waals surface area contributed by atoms with Crippen LogP contribution in [0.25, 0.3) is 0 Å². The second-order valence-electron chi connectivity index (χ2n) is 5.76. The number of thiocarbonyl (C=S) groups is 1. The number of hydrogen-bond acceptors (Lipinski definition) is 5. The first kappa shape index (κ1) is 19.6. The van der Waals surface area contributed by atoms with E-state index in [0.29, 0.717) is 5.11 Å². The minimum Gasteiger partial charge on any atom is -0.382 e. The maximum Gasteiger partial charge on any atom is 0.186 e. The van der Waals surface area contributed by atoms with Crippen LogP contribution in [0.4, 0.5) is 5.69 Å². The van der Waals surface area contributed by atoms with Gasteiger partial charge in [0.2, 0.25) is 0 Å². The molecule has 0 bridgehead atoms. The van der Waals surface area contributed by atoms with Crippen molar-refractivity contribution in [1.29, 1.82) is 0 Å². The zero-order chi connectivity index (χ0) is 17.9. The number of morpholine rings is 1. The fourth-order valence-corrected chi connectivity index (χ4v) is 2.64. The van der Waals surface area contributed by atoms with Gasteiger partial charge in [0, 0.05) is 38.5 Å². The first-order valence-electron chi connectivity index (χ1n) is 8.79. The Balaban J connectivity index is 1.77. The molecule has 25 heavy (non-hydrogen) atoms. The summed E-state index contributed by atoms with van der Waals surface area (Å²) in [5.74, 6) is 0. The number of nitrogens with zero attached hydrogens (tertiary/aromatic N) is 2. The number of rotatable bonds is 8. The summed E-state index contributed by atoms with van der Waals surface area (Å²) in [7, 11) is 0. The Morgan fingerprint density at radius 3 is 2.68 bits per heavy atom.